The van der Waals surface area contributed by atoms with E-state index in [4.69, 9.17) is 4.74 Å². The number of anilines is 1. The lowest BCUT2D eigenvalue weighted by molar-refractivity contribution is 0.122. The number of morpholine rings is 1. The maximum atomic E-state index is 5.46. The zero-order valence-corrected chi connectivity index (χ0v) is 15.3. The number of aryl methyl sites for hydroxylation is 1. The Morgan fingerprint density at radius 3 is 2.84 bits per heavy atom. The molecule has 2 aromatic heterocycles. The Hall–Kier alpha value is -1.95. The molecule has 1 aliphatic heterocycles. The number of thiophene rings is 1. The fraction of sp³-hybridized carbons (Fsp3) is 0.350. The number of ether oxygens (including phenoxy) is 1. The molecule has 1 N–H and O–H groups in total. The molecule has 0 aliphatic carbocycles. The van der Waals surface area contributed by atoms with Gasteiger partial charge in [-0.05, 0) is 30.0 Å². The Bertz CT molecular complexity index is 855. The van der Waals surface area contributed by atoms with Crippen molar-refractivity contribution in [2.24, 2.45) is 0 Å². The van der Waals surface area contributed by atoms with Crippen molar-refractivity contribution in [2.75, 3.05) is 31.2 Å². The minimum Gasteiger partial charge on any atom is -0.378 e. The smallest absolute Gasteiger partial charge is 0.133 e. The maximum absolute atomic E-state index is 5.46. The van der Waals surface area contributed by atoms with E-state index in [0.29, 0.717) is 0 Å². The minimum atomic E-state index is 0.781. The molecule has 4 nitrogen and oxygen atoms in total. The van der Waals surface area contributed by atoms with E-state index in [1.54, 1.807) is 0 Å². The number of aromatic nitrogens is 1. The summed E-state index contributed by atoms with van der Waals surface area (Å²) in [6.45, 7) is 7.31. The second-order valence-corrected chi connectivity index (χ2v) is 7.58. The monoisotopic (exact) mass is 353 g/mol. The van der Waals surface area contributed by atoms with Crippen LogP contribution in [0.4, 0.5) is 5.82 Å². The van der Waals surface area contributed by atoms with Gasteiger partial charge in [0.25, 0.3) is 0 Å². The Morgan fingerprint density at radius 1 is 1.12 bits per heavy atom. The summed E-state index contributed by atoms with van der Waals surface area (Å²) < 4.78 is 6.83. The van der Waals surface area contributed by atoms with Gasteiger partial charge in [-0.25, -0.2) is 4.98 Å². The highest BCUT2D eigenvalue weighted by Gasteiger charge is 2.16. The van der Waals surface area contributed by atoms with Crippen LogP contribution < -0.4 is 10.2 Å². The van der Waals surface area contributed by atoms with Crippen LogP contribution in [-0.2, 0) is 17.8 Å². The molecule has 130 valence electrons. The normalized spacial score (nSPS) is 15.0. The summed E-state index contributed by atoms with van der Waals surface area (Å²) >= 11 is 1.88. The van der Waals surface area contributed by atoms with E-state index in [1.807, 2.05) is 23.6 Å². The number of nitrogens with zero attached hydrogens (tertiary/aromatic N) is 2. The molecule has 3 aromatic rings. The third-order valence-corrected chi connectivity index (χ3v) is 5.82. The van der Waals surface area contributed by atoms with Crippen LogP contribution in [0, 0.1) is 6.92 Å². The third kappa shape index (κ3) is 3.54. The molecular weight excluding hydrogens is 330 g/mol. The molecule has 0 saturated carbocycles. The van der Waals surface area contributed by atoms with Crippen molar-refractivity contribution in [1.29, 1.82) is 0 Å². The molecule has 3 heterocycles. The van der Waals surface area contributed by atoms with E-state index in [-0.39, 0.29) is 0 Å². The van der Waals surface area contributed by atoms with Crippen molar-refractivity contribution in [1.82, 2.24) is 10.3 Å². The van der Waals surface area contributed by atoms with Crippen molar-refractivity contribution >= 4 is 27.2 Å². The van der Waals surface area contributed by atoms with Crippen molar-refractivity contribution in [3.8, 4) is 0 Å². The predicted molar refractivity (Wildman–Crippen MR) is 104 cm³/mol. The maximum Gasteiger partial charge on any atom is 0.133 e. The lowest BCUT2D eigenvalue weighted by Crippen LogP contribution is -2.37. The molecule has 0 unspecified atom stereocenters. The molecule has 1 aromatic carbocycles. The zero-order chi connectivity index (χ0) is 17.1. The van der Waals surface area contributed by atoms with E-state index in [0.717, 1.165) is 45.2 Å². The summed E-state index contributed by atoms with van der Waals surface area (Å²) in [7, 11) is 0. The van der Waals surface area contributed by atoms with E-state index < -0.39 is 0 Å². The number of benzene rings is 1. The molecule has 1 fully saturated rings. The van der Waals surface area contributed by atoms with Crippen LogP contribution in [0.15, 0.2) is 42.6 Å². The van der Waals surface area contributed by atoms with Crippen molar-refractivity contribution in [3.05, 3.63) is 58.6 Å². The SMILES string of the molecule is Cc1sc2ccccc2c1CNCc1cccnc1N1CCOCC1. The van der Waals surface area contributed by atoms with Gasteiger partial charge in [0.1, 0.15) is 5.82 Å². The van der Waals surface area contributed by atoms with Crippen LogP contribution in [0.5, 0.6) is 0 Å². The second kappa shape index (κ2) is 7.52. The lowest BCUT2D eigenvalue weighted by Gasteiger charge is -2.29. The van der Waals surface area contributed by atoms with Gasteiger partial charge in [0.2, 0.25) is 0 Å². The van der Waals surface area contributed by atoms with Crippen LogP contribution in [0.1, 0.15) is 16.0 Å². The topological polar surface area (TPSA) is 37.4 Å². The van der Waals surface area contributed by atoms with Crippen molar-refractivity contribution in [3.63, 3.8) is 0 Å². The fourth-order valence-electron chi connectivity index (χ4n) is 3.39. The first-order valence-electron chi connectivity index (χ1n) is 8.77. The number of fused-ring (bicyclic) bond motifs is 1. The highest BCUT2D eigenvalue weighted by atomic mass is 32.1. The van der Waals surface area contributed by atoms with Crippen LogP contribution in [0.2, 0.25) is 0 Å². The Balaban J connectivity index is 1.47. The Morgan fingerprint density at radius 2 is 1.96 bits per heavy atom. The molecular formula is C20H23N3OS. The average molecular weight is 353 g/mol. The molecule has 0 amide bonds. The van der Waals surface area contributed by atoms with Crippen molar-refractivity contribution < 1.29 is 4.74 Å². The quantitative estimate of drug-likeness (QED) is 0.758. The van der Waals surface area contributed by atoms with Crippen molar-refractivity contribution in [2.45, 2.75) is 20.0 Å². The Labute approximate surface area is 152 Å². The summed E-state index contributed by atoms with van der Waals surface area (Å²) in [5.74, 6) is 1.09. The molecule has 1 aliphatic rings. The van der Waals surface area contributed by atoms with Gasteiger partial charge in [-0.1, -0.05) is 24.3 Å². The van der Waals surface area contributed by atoms with Gasteiger partial charge in [0.05, 0.1) is 13.2 Å². The van der Waals surface area contributed by atoms with Gasteiger partial charge >= 0.3 is 0 Å². The standard InChI is InChI=1S/C20H23N3OS/c1-15-18(17-6-2-3-7-19(17)25-15)14-21-13-16-5-4-8-22-20(16)23-9-11-24-12-10-23/h2-8,21H,9-14H2,1H3. The van der Waals surface area contributed by atoms with Gasteiger partial charge in [-0.15, -0.1) is 11.3 Å². The molecule has 0 atom stereocenters. The first-order chi connectivity index (χ1) is 12.3. The number of pyridine rings is 1. The summed E-state index contributed by atoms with van der Waals surface area (Å²) in [4.78, 5) is 8.34. The van der Waals surface area contributed by atoms with Crippen LogP contribution in [0.3, 0.4) is 0 Å². The molecule has 5 heteroatoms. The molecule has 0 spiro atoms. The lowest BCUT2D eigenvalue weighted by atomic mass is 10.1. The summed E-state index contributed by atoms with van der Waals surface area (Å²) in [5.41, 5.74) is 2.67. The number of nitrogens with one attached hydrogen (secondary N) is 1. The fourth-order valence-corrected chi connectivity index (χ4v) is 4.47. The van der Waals surface area contributed by atoms with E-state index in [2.05, 4.69) is 52.5 Å². The van der Waals surface area contributed by atoms with Gasteiger partial charge in [-0.2, -0.15) is 0 Å². The van der Waals surface area contributed by atoms with Crippen LogP contribution >= 0.6 is 11.3 Å². The van der Waals surface area contributed by atoms with E-state index in [1.165, 1.54) is 26.1 Å². The number of hydrogen-bond donors (Lipinski definition) is 1. The van der Waals surface area contributed by atoms with Crippen LogP contribution in [-0.4, -0.2) is 31.3 Å². The molecule has 25 heavy (non-hydrogen) atoms. The van der Waals surface area contributed by atoms with E-state index in [9.17, 15) is 0 Å². The first-order valence-corrected chi connectivity index (χ1v) is 9.59. The first kappa shape index (κ1) is 16.5. The zero-order valence-electron chi connectivity index (χ0n) is 14.5. The summed E-state index contributed by atoms with van der Waals surface area (Å²) in [6.07, 6.45) is 1.88. The minimum absolute atomic E-state index is 0.781. The third-order valence-electron chi connectivity index (χ3n) is 4.70. The summed E-state index contributed by atoms with van der Waals surface area (Å²) in [5, 5.41) is 5.00. The van der Waals surface area contributed by atoms with Gasteiger partial charge < -0.3 is 15.0 Å². The highest BCUT2D eigenvalue weighted by molar-refractivity contribution is 7.19. The molecule has 0 bridgehead atoms. The molecule has 1 saturated heterocycles. The van der Waals surface area contributed by atoms with Gasteiger partial charge in [0.15, 0.2) is 0 Å². The highest BCUT2D eigenvalue weighted by Crippen LogP contribution is 2.30. The van der Waals surface area contributed by atoms with E-state index >= 15 is 0 Å². The predicted octanol–water partition coefficient (Wildman–Crippen LogP) is 3.73. The Kier molecular flexibility index (Phi) is 4.97. The second-order valence-electron chi connectivity index (χ2n) is 6.32. The number of rotatable bonds is 5. The molecule has 0 radical (unpaired) electrons. The van der Waals surface area contributed by atoms with Gasteiger partial charge in [-0.3, -0.25) is 0 Å². The van der Waals surface area contributed by atoms with Gasteiger partial charge in [0, 0.05) is 47.5 Å². The van der Waals surface area contributed by atoms with Crippen LogP contribution in [0.25, 0.3) is 10.1 Å². The molecule has 4 rings (SSSR count). The average Bonchev–Trinajstić information content (AvgIpc) is 2.98. The summed E-state index contributed by atoms with van der Waals surface area (Å²) in [6, 6.07) is 12.8. The number of hydrogen-bond acceptors (Lipinski definition) is 5. The largest absolute Gasteiger partial charge is 0.378 e.